The SMILES string of the molecule is Cc1nc(C)c(OC(=O)OC2CCCC2)c(-c2cccc([N+](=O)[O-])c2)c1OC(=O)OCCCl. The van der Waals surface area contributed by atoms with E-state index in [1.807, 2.05) is 0 Å². The molecule has 176 valence electrons. The molecule has 0 spiro atoms. The van der Waals surface area contributed by atoms with Gasteiger partial charge in [0.25, 0.3) is 5.69 Å². The van der Waals surface area contributed by atoms with Crippen LogP contribution in [0.3, 0.4) is 0 Å². The highest BCUT2D eigenvalue weighted by Crippen LogP contribution is 2.43. The van der Waals surface area contributed by atoms with Crippen LogP contribution in [0.25, 0.3) is 11.1 Å². The smallest absolute Gasteiger partial charge is 0.433 e. The van der Waals surface area contributed by atoms with Gasteiger partial charge < -0.3 is 18.9 Å². The second-order valence-electron chi connectivity index (χ2n) is 7.39. The minimum atomic E-state index is -1.05. The normalized spacial score (nSPS) is 13.4. The van der Waals surface area contributed by atoms with Gasteiger partial charge in [0.2, 0.25) is 0 Å². The number of hydrogen-bond donors (Lipinski definition) is 0. The Morgan fingerprint density at radius 1 is 1.12 bits per heavy atom. The van der Waals surface area contributed by atoms with Crippen molar-refractivity contribution in [3.05, 3.63) is 45.8 Å². The van der Waals surface area contributed by atoms with Crippen molar-refractivity contribution in [1.82, 2.24) is 4.98 Å². The molecule has 1 heterocycles. The van der Waals surface area contributed by atoms with Gasteiger partial charge in [-0.3, -0.25) is 15.1 Å². The number of rotatable bonds is 7. The minimum absolute atomic E-state index is 0.0377. The summed E-state index contributed by atoms with van der Waals surface area (Å²) in [4.78, 5) is 39.7. The number of carbonyl (C=O) groups is 2. The quantitative estimate of drug-likeness (QED) is 0.219. The first-order chi connectivity index (χ1) is 15.8. The fourth-order valence-corrected chi connectivity index (χ4v) is 3.67. The molecule has 0 bridgehead atoms. The van der Waals surface area contributed by atoms with E-state index in [0.717, 1.165) is 25.7 Å². The van der Waals surface area contributed by atoms with E-state index < -0.39 is 17.2 Å². The number of hydrogen-bond acceptors (Lipinski definition) is 9. The lowest BCUT2D eigenvalue weighted by atomic mass is 10.0. The van der Waals surface area contributed by atoms with Gasteiger partial charge in [-0.05, 0) is 45.1 Å². The Bertz CT molecular complexity index is 1050. The van der Waals surface area contributed by atoms with Crippen LogP contribution in [0.4, 0.5) is 15.3 Å². The molecule has 0 radical (unpaired) electrons. The van der Waals surface area contributed by atoms with Crippen molar-refractivity contribution in [3.8, 4) is 22.6 Å². The fraction of sp³-hybridized carbons (Fsp3) is 0.409. The summed E-state index contributed by atoms with van der Waals surface area (Å²) >= 11 is 5.55. The average molecular weight is 479 g/mol. The first-order valence-electron chi connectivity index (χ1n) is 10.3. The zero-order chi connectivity index (χ0) is 24.0. The van der Waals surface area contributed by atoms with E-state index in [-0.39, 0.29) is 52.6 Å². The third-order valence-electron chi connectivity index (χ3n) is 5.03. The lowest BCUT2D eigenvalue weighted by Crippen LogP contribution is -2.20. The minimum Gasteiger partial charge on any atom is -0.433 e. The van der Waals surface area contributed by atoms with E-state index in [0.29, 0.717) is 5.69 Å². The summed E-state index contributed by atoms with van der Waals surface area (Å²) in [6.45, 7) is 3.10. The number of pyridine rings is 1. The highest BCUT2D eigenvalue weighted by molar-refractivity contribution is 6.18. The summed E-state index contributed by atoms with van der Waals surface area (Å²) in [6, 6.07) is 5.62. The van der Waals surface area contributed by atoms with Crippen LogP contribution in [0.5, 0.6) is 11.5 Å². The predicted octanol–water partition coefficient (Wildman–Crippen LogP) is 5.49. The van der Waals surface area contributed by atoms with Crippen molar-refractivity contribution in [2.45, 2.75) is 45.6 Å². The van der Waals surface area contributed by atoms with E-state index in [1.165, 1.54) is 18.2 Å². The van der Waals surface area contributed by atoms with Crippen molar-refractivity contribution in [2.75, 3.05) is 12.5 Å². The number of ether oxygens (including phenoxy) is 4. The molecule has 0 amide bonds. The summed E-state index contributed by atoms with van der Waals surface area (Å²) in [5, 5.41) is 11.3. The number of halogens is 1. The van der Waals surface area contributed by atoms with Crippen LogP contribution in [0.2, 0.25) is 0 Å². The van der Waals surface area contributed by atoms with Crippen LogP contribution >= 0.6 is 11.6 Å². The van der Waals surface area contributed by atoms with Gasteiger partial charge in [0.05, 0.1) is 27.8 Å². The Morgan fingerprint density at radius 3 is 2.36 bits per heavy atom. The van der Waals surface area contributed by atoms with Crippen LogP contribution in [0.15, 0.2) is 24.3 Å². The topological polar surface area (TPSA) is 127 Å². The molecule has 1 saturated carbocycles. The summed E-state index contributed by atoms with van der Waals surface area (Å²) in [5.74, 6) is -0.0344. The molecule has 0 N–H and O–H groups in total. The van der Waals surface area contributed by atoms with Crippen LogP contribution in [0, 0.1) is 24.0 Å². The third kappa shape index (κ3) is 6.10. The molecule has 1 aromatic heterocycles. The maximum Gasteiger partial charge on any atom is 0.514 e. The van der Waals surface area contributed by atoms with Crippen LogP contribution in [0.1, 0.15) is 37.1 Å². The second-order valence-corrected chi connectivity index (χ2v) is 7.77. The highest BCUT2D eigenvalue weighted by Gasteiger charge is 2.27. The average Bonchev–Trinajstić information content (AvgIpc) is 3.28. The van der Waals surface area contributed by atoms with Crippen LogP contribution in [-0.4, -0.2) is 40.8 Å². The Balaban J connectivity index is 2.07. The van der Waals surface area contributed by atoms with E-state index >= 15 is 0 Å². The van der Waals surface area contributed by atoms with Gasteiger partial charge >= 0.3 is 12.3 Å². The van der Waals surface area contributed by atoms with Crippen molar-refractivity contribution in [2.24, 2.45) is 0 Å². The molecule has 2 aromatic rings. The Kier molecular flexibility index (Phi) is 8.05. The largest absolute Gasteiger partial charge is 0.514 e. The lowest BCUT2D eigenvalue weighted by molar-refractivity contribution is -0.384. The van der Waals surface area contributed by atoms with Crippen molar-refractivity contribution < 1.29 is 33.5 Å². The molecular formula is C22H23ClN2O8. The molecular weight excluding hydrogens is 456 g/mol. The zero-order valence-electron chi connectivity index (χ0n) is 18.2. The fourth-order valence-electron chi connectivity index (χ4n) is 3.59. The number of alkyl halides is 1. The maximum absolute atomic E-state index is 12.5. The van der Waals surface area contributed by atoms with E-state index in [2.05, 4.69) is 4.98 Å². The molecule has 1 aliphatic rings. The van der Waals surface area contributed by atoms with Crippen molar-refractivity contribution in [1.29, 1.82) is 0 Å². The number of nitrogens with zero attached hydrogens (tertiary/aromatic N) is 2. The Hall–Kier alpha value is -3.40. The van der Waals surface area contributed by atoms with E-state index in [1.54, 1.807) is 19.9 Å². The maximum atomic E-state index is 12.5. The summed E-state index contributed by atoms with van der Waals surface area (Å²) in [6.07, 6.45) is 1.21. The Labute approximate surface area is 194 Å². The van der Waals surface area contributed by atoms with E-state index in [4.69, 9.17) is 30.5 Å². The number of carbonyl (C=O) groups excluding carboxylic acids is 2. The summed E-state index contributed by atoms with van der Waals surface area (Å²) < 4.78 is 21.1. The van der Waals surface area contributed by atoms with Crippen LogP contribution in [-0.2, 0) is 9.47 Å². The summed E-state index contributed by atoms with van der Waals surface area (Å²) in [5.41, 5.74) is 0.804. The number of nitro groups is 1. The number of benzene rings is 1. The number of non-ortho nitro benzene ring substituents is 1. The molecule has 0 saturated heterocycles. The first-order valence-corrected chi connectivity index (χ1v) is 10.9. The number of aromatic nitrogens is 1. The van der Waals surface area contributed by atoms with Gasteiger partial charge in [-0.2, -0.15) is 0 Å². The Morgan fingerprint density at radius 2 is 1.76 bits per heavy atom. The molecule has 1 aliphatic carbocycles. The molecule has 33 heavy (non-hydrogen) atoms. The molecule has 1 aromatic carbocycles. The molecule has 10 nitrogen and oxygen atoms in total. The molecule has 0 unspecified atom stereocenters. The number of nitro benzene ring substituents is 1. The van der Waals surface area contributed by atoms with E-state index in [9.17, 15) is 19.7 Å². The molecule has 3 rings (SSSR count). The van der Waals surface area contributed by atoms with Gasteiger partial charge in [-0.25, -0.2) is 9.59 Å². The van der Waals surface area contributed by atoms with Gasteiger partial charge in [0.1, 0.15) is 12.7 Å². The van der Waals surface area contributed by atoms with Crippen molar-refractivity contribution >= 4 is 29.6 Å². The first kappa shape index (κ1) is 24.2. The molecule has 0 atom stereocenters. The predicted molar refractivity (Wildman–Crippen MR) is 118 cm³/mol. The molecule has 0 aliphatic heterocycles. The monoisotopic (exact) mass is 478 g/mol. The third-order valence-corrected chi connectivity index (χ3v) is 5.18. The summed E-state index contributed by atoms with van der Waals surface area (Å²) in [7, 11) is 0. The standard InChI is InChI=1S/C22H23ClN2O8/c1-13-19(32-21(26)30-11-10-23)18(15-6-5-7-16(12-15)25(28)29)20(14(2)24-13)33-22(27)31-17-8-3-4-9-17/h5-7,12,17H,3-4,8-11H2,1-2H3. The molecule has 11 heteroatoms. The van der Waals surface area contributed by atoms with Crippen LogP contribution < -0.4 is 9.47 Å². The van der Waals surface area contributed by atoms with Gasteiger partial charge in [-0.15, -0.1) is 11.6 Å². The van der Waals surface area contributed by atoms with Gasteiger partial charge in [0, 0.05) is 12.1 Å². The second kappa shape index (κ2) is 11.0. The highest BCUT2D eigenvalue weighted by atomic mass is 35.5. The van der Waals surface area contributed by atoms with Gasteiger partial charge in [0.15, 0.2) is 11.5 Å². The molecule has 1 fully saturated rings. The van der Waals surface area contributed by atoms with Crippen molar-refractivity contribution in [3.63, 3.8) is 0 Å². The lowest BCUT2D eigenvalue weighted by Gasteiger charge is -2.19. The van der Waals surface area contributed by atoms with Gasteiger partial charge in [-0.1, -0.05) is 12.1 Å². The number of aryl methyl sites for hydroxylation is 2. The zero-order valence-corrected chi connectivity index (χ0v) is 18.9.